The molecule has 3 heteroatoms. The summed E-state index contributed by atoms with van der Waals surface area (Å²) in [6.45, 7) is 12.8. The lowest BCUT2D eigenvalue weighted by Gasteiger charge is -2.18. The van der Waals surface area contributed by atoms with E-state index >= 15 is 0 Å². The minimum atomic E-state index is 0.503. The first-order valence-corrected chi connectivity index (χ1v) is 9.45. The highest BCUT2D eigenvalue weighted by Crippen LogP contribution is 2.36. The SMILES string of the molecule is CCC(CC)c1cncc2c(Oc3c(C)cc(C)cc3C)nc(C)cc12. The van der Waals surface area contributed by atoms with Crippen molar-refractivity contribution in [3.05, 3.63) is 58.5 Å². The van der Waals surface area contributed by atoms with Crippen molar-refractivity contribution >= 4 is 10.8 Å². The average molecular weight is 348 g/mol. The molecule has 0 bridgehead atoms. The van der Waals surface area contributed by atoms with E-state index in [1.165, 1.54) is 16.5 Å². The molecule has 3 aromatic rings. The fourth-order valence-electron chi connectivity index (χ4n) is 3.84. The van der Waals surface area contributed by atoms with Crippen LogP contribution >= 0.6 is 0 Å². The first kappa shape index (κ1) is 18.4. The predicted octanol–water partition coefficient (Wildman–Crippen LogP) is 6.56. The second kappa shape index (κ2) is 7.45. The smallest absolute Gasteiger partial charge is 0.228 e. The second-order valence-electron chi connectivity index (χ2n) is 7.24. The van der Waals surface area contributed by atoms with Crippen LogP contribution in [0.25, 0.3) is 10.8 Å². The number of aryl methyl sites for hydroxylation is 4. The van der Waals surface area contributed by atoms with E-state index < -0.39 is 0 Å². The van der Waals surface area contributed by atoms with Gasteiger partial charge >= 0.3 is 0 Å². The summed E-state index contributed by atoms with van der Waals surface area (Å²) in [5.74, 6) is 2.04. The molecule has 3 nitrogen and oxygen atoms in total. The molecule has 0 saturated heterocycles. The summed E-state index contributed by atoms with van der Waals surface area (Å²) in [4.78, 5) is 9.19. The van der Waals surface area contributed by atoms with Crippen LogP contribution in [-0.4, -0.2) is 9.97 Å². The molecule has 1 aromatic carbocycles. The first-order valence-electron chi connectivity index (χ1n) is 9.45. The monoisotopic (exact) mass is 348 g/mol. The maximum atomic E-state index is 6.34. The molecule has 0 fully saturated rings. The molecule has 0 aliphatic heterocycles. The highest BCUT2D eigenvalue weighted by Gasteiger charge is 2.16. The van der Waals surface area contributed by atoms with Gasteiger partial charge in [-0.15, -0.1) is 0 Å². The van der Waals surface area contributed by atoms with Gasteiger partial charge in [-0.3, -0.25) is 4.98 Å². The van der Waals surface area contributed by atoms with Crippen molar-refractivity contribution in [3.8, 4) is 11.6 Å². The topological polar surface area (TPSA) is 35.0 Å². The van der Waals surface area contributed by atoms with Gasteiger partial charge in [0, 0.05) is 18.1 Å². The van der Waals surface area contributed by atoms with Crippen molar-refractivity contribution in [1.29, 1.82) is 0 Å². The molecule has 0 aliphatic rings. The van der Waals surface area contributed by atoms with Gasteiger partial charge in [-0.25, -0.2) is 4.98 Å². The third-order valence-electron chi connectivity index (χ3n) is 5.11. The lowest BCUT2D eigenvalue weighted by Crippen LogP contribution is -2.01. The first-order chi connectivity index (χ1) is 12.4. The van der Waals surface area contributed by atoms with Crippen molar-refractivity contribution in [1.82, 2.24) is 9.97 Å². The highest BCUT2D eigenvalue weighted by molar-refractivity contribution is 5.89. The van der Waals surface area contributed by atoms with Gasteiger partial charge in [0.2, 0.25) is 5.88 Å². The quantitative estimate of drug-likeness (QED) is 0.524. The van der Waals surface area contributed by atoms with E-state index in [4.69, 9.17) is 9.72 Å². The predicted molar refractivity (Wildman–Crippen MR) is 108 cm³/mol. The lowest BCUT2D eigenvalue weighted by molar-refractivity contribution is 0.460. The third kappa shape index (κ3) is 3.44. The molecule has 0 radical (unpaired) electrons. The van der Waals surface area contributed by atoms with Crippen LogP contribution in [0.2, 0.25) is 0 Å². The molecule has 0 atom stereocenters. The Labute approximate surface area is 156 Å². The Morgan fingerprint density at radius 1 is 0.885 bits per heavy atom. The summed E-state index contributed by atoms with van der Waals surface area (Å²) in [6.07, 6.45) is 6.09. The zero-order valence-corrected chi connectivity index (χ0v) is 16.7. The highest BCUT2D eigenvalue weighted by atomic mass is 16.5. The lowest BCUT2D eigenvalue weighted by atomic mass is 9.91. The molecule has 3 rings (SSSR count). The van der Waals surface area contributed by atoms with Gasteiger partial charge in [-0.1, -0.05) is 31.5 Å². The van der Waals surface area contributed by atoms with Crippen LogP contribution in [0.3, 0.4) is 0 Å². The van der Waals surface area contributed by atoms with E-state index in [1.807, 2.05) is 19.3 Å². The molecule has 0 unspecified atom stereocenters. The molecular weight excluding hydrogens is 320 g/mol. The molecule has 2 aromatic heterocycles. The normalized spacial score (nSPS) is 11.3. The average Bonchev–Trinajstić information content (AvgIpc) is 2.59. The Balaban J connectivity index is 2.17. The summed E-state index contributed by atoms with van der Waals surface area (Å²) >= 11 is 0. The molecular formula is C23H28N2O. The van der Waals surface area contributed by atoms with Crippen molar-refractivity contribution < 1.29 is 4.74 Å². The number of pyridine rings is 2. The minimum Gasteiger partial charge on any atom is -0.438 e. The van der Waals surface area contributed by atoms with Crippen molar-refractivity contribution in [3.63, 3.8) is 0 Å². The maximum Gasteiger partial charge on any atom is 0.228 e. The Morgan fingerprint density at radius 3 is 2.15 bits per heavy atom. The zero-order valence-electron chi connectivity index (χ0n) is 16.7. The summed E-state index contributed by atoms with van der Waals surface area (Å²) in [5, 5.41) is 2.19. The summed E-state index contributed by atoms with van der Waals surface area (Å²) < 4.78 is 6.34. The van der Waals surface area contributed by atoms with Gasteiger partial charge in [0.1, 0.15) is 5.75 Å². The zero-order chi connectivity index (χ0) is 18.8. The van der Waals surface area contributed by atoms with Crippen molar-refractivity contribution in [2.24, 2.45) is 0 Å². The Kier molecular flexibility index (Phi) is 5.26. The van der Waals surface area contributed by atoms with Gasteiger partial charge in [-0.05, 0) is 74.6 Å². The van der Waals surface area contributed by atoms with E-state index in [-0.39, 0.29) is 0 Å². The van der Waals surface area contributed by atoms with Gasteiger partial charge in [-0.2, -0.15) is 0 Å². The van der Waals surface area contributed by atoms with E-state index in [2.05, 4.69) is 57.8 Å². The number of fused-ring (bicyclic) bond motifs is 1. The number of ether oxygens (including phenoxy) is 1. The molecule has 0 N–H and O–H groups in total. The largest absolute Gasteiger partial charge is 0.438 e. The second-order valence-corrected chi connectivity index (χ2v) is 7.24. The van der Waals surface area contributed by atoms with E-state index in [1.54, 1.807) is 0 Å². The van der Waals surface area contributed by atoms with Gasteiger partial charge in [0.25, 0.3) is 0 Å². The van der Waals surface area contributed by atoms with Gasteiger partial charge in [0.15, 0.2) is 0 Å². The number of nitrogens with zero attached hydrogens (tertiary/aromatic N) is 2. The number of hydrogen-bond acceptors (Lipinski definition) is 3. The fraction of sp³-hybridized carbons (Fsp3) is 0.391. The Hall–Kier alpha value is -2.42. The van der Waals surface area contributed by atoms with Crippen molar-refractivity contribution in [2.45, 2.75) is 60.3 Å². The van der Waals surface area contributed by atoms with Crippen molar-refractivity contribution in [2.75, 3.05) is 0 Å². The van der Waals surface area contributed by atoms with Crippen LogP contribution in [0.4, 0.5) is 0 Å². The number of hydrogen-bond donors (Lipinski definition) is 0. The van der Waals surface area contributed by atoms with Crippen LogP contribution in [0, 0.1) is 27.7 Å². The molecule has 26 heavy (non-hydrogen) atoms. The molecule has 0 spiro atoms. The van der Waals surface area contributed by atoms with Crippen LogP contribution in [-0.2, 0) is 0 Å². The molecule has 2 heterocycles. The van der Waals surface area contributed by atoms with E-state index in [9.17, 15) is 0 Å². The summed E-state index contributed by atoms with van der Waals surface area (Å²) in [6, 6.07) is 6.45. The number of benzene rings is 1. The molecule has 136 valence electrons. The summed E-state index contributed by atoms with van der Waals surface area (Å²) in [5.41, 5.74) is 5.76. The Bertz CT molecular complexity index is 919. The fourth-order valence-corrected chi connectivity index (χ4v) is 3.84. The molecule has 0 aliphatic carbocycles. The number of rotatable bonds is 5. The van der Waals surface area contributed by atoms with Gasteiger partial charge < -0.3 is 4.74 Å². The number of aromatic nitrogens is 2. The van der Waals surface area contributed by atoms with Crippen LogP contribution < -0.4 is 4.74 Å². The minimum absolute atomic E-state index is 0.503. The summed E-state index contributed by atoms with van der Waals surface area (Å²) in [7, 11) is 0. The van der Waals surface area contributed by atoms with Crippen LogP contribution in [0.1, 0.15) is 60.6 Å². The maximum absolute atomic E-state index is 6.34. The standard InChI is InChI=1S/C23H28N2O/c1-7-18(8-2)20-12-24-13-21-19(20)11-17(6)25-23(21)26-22-15(4)9-14(3)10-16(22)5/h9-13,18H,7-8H2,1-6H3. The molecule has 0 amide bonds. The van der Waals surface area contributed by atoms with Crippen LogP contribution in [0.15, 0.2) is 30.6 Å². The van der Waals surface area contributed by atoms with Gasteiger partial charge in [0.05, 0.1) is 5.39 Å². The Morgan fingerprint density at radius 2 is 1.54 bits per heavy atom. The van der Waals surface area contributed by atoms with Crippen LogP contribution in [0.5, 0.6) is 11.6 Å². The molecule has 0 saturated carbocycles. The van der Waals surface area contributed by atoms with E-state index in [0.717, 1.165) is 40.8 Å². The van der Waals surface area contributed by atoms with E-state index in [0.29, 0.717) is 11.8 Å². The third-order valence-corrected chi connectivity index (χ3v) is 5.11.